The highest BCUT2D eigenvalue weighted by atomic mass is 16.3. The van der Waals surface area contributed by atoms with Gasteiger partial charge < -0.3 is 10.4 Å². The summed E-state index contributed by atoms with van der Waals surface area (Å²) in [7, 11) is 0. The first-order valence-corrected chi connectivity index (χ1v) is 3.53. The molecule has 0 saturated carbocycles. The molecule has 0 aliphatic heterocycles. The van der Waals surface area contributed by atoms with Crippen molar-refractivity contribution < 1.29 is 5.11 Å². The van der Waals surface area contributed by atoms with Crippen molar-refractivity contribution in [3.8, 4) is 23.8 Å². The summed E-state index contributed by atoms with van der Waals surface area (Å²) >= 11 is 0. The molecule has 2 heteroatoms. The summed E-state index contributed by atoms with van der Waals surface area (Å²) in [4.78, 5) is 0. The molecule has 0 aromatic carbocycles. The lowest BCUT2D eigenvalue weighted by atomic mass is 10.1. The first-order chi connectivity index (χ1) is 5.06. The second-order valence-corrected chi connectivity index (χ2v) is 2.59. The Hall–Kier alpha value is -1.12. The summed E-state index contributed by atoms with van der Waals surface area (Å²) in [6, 6.07) is 2.62. The van der Waals surface area contributed by atoms with E-state index in [4.69, 9.17) is 5.11 Å². The van der Waals surface area contributed by atoms with Gasteiger partial charge in [-0.1, -0.05) is 5.92 Å². The summed E-state index contributed by atoms with van der Waals surface area (Å²) in [6.07, 6.45) is 0. The Kier molecular flexibility index (Phi) is 4.18. The Balaban J connectivity index is 3.84. The fraction of sp³-hybridized carbons (Fsp3) is 0.556. The van der Waals surface area contributed by atoms with Crippen LogP contribution in [-0.4, -0.2) is 17.3 Å². The van der Waals surface area contributed by atoms with Gasteiger partial charge in [0, 0.05) is 18.5 Å². The van der Waals surface area contributed by atoms with Crippen LogP contribution >= 0.6 is 0 Å². The normalized spacial score (nSPS) is 8.73. The highest BCUT2D eigenvalue weighted by Gasteiger charge is 2.04. The van der Waals surface area contributed by atoms with E-state index in [0.29, 0.717) is 0 Å². The summed E-state index contributed by atoms with van der Waals surface area (Å²) in [5.74, 6) is 7.67. The number of aliphatic hydroxyl groups is 1. The number of hydrogen-bond acceptors (Lipinski definition) is 2. The minimum Gasteiger partial charge on any atom is -0.378 e. The zero-order valence-electron chi connectivity index (χ0n) is 7.15. The molecule has 0 heterocycles. The average Bonchev–Trinajstić information content (AvgIpc) is 1.85. The quantitative estimate of drug-likeness (QED) is 0.418. The molecule has 0 atom stereocenters. The molecule has 60 valence electrons. The van der Waals surface area contributed by atoms with Crippen molar-refractivity contribution in [1.29, 1.82) is 0 Å². The van der Waals surface area contributed by atoms with Gasteiger partial charge in [0.1, 0.15) is 5.60 Å². The topological polar surface area (TPSA) is 32.3 Å². The highest BCUT2D eigenvalue weighted by Crippen LogP contribution is 1.95. The van der Waals surface area contributed by atoms with Gasteiger partial charge in [0.2, 0.25) is 0 Å². The molecular formula is C9H13NO. The first-order valence-electron chi connectivity index (χ1n) is 3.53. The molecule has 11 heavy (non-hydrogen) atoms. The third-order valence-corrected chi connectivity index (χ3v) is 0.759. The maximum atomic E-state index is 9.11. The van der Waals surface area contributed by atoms with Gasteiger partial charge in [0.25, 0.3) is 0 Å². The van der Waals surface area contributed by atoms with E-state index in [1.165, 1.54) is 0 Å². The molecule has 2 nitrogen and oxygen atoms in total. The van der Waals surface area contributed by atoms with Crippen LogP contribution in [0.1, 0.15) is 20.8 Å². The highest BCUT2D eigenvalue weighted by molar-refractivity contribution is 5.28. The van der Waals surface area contributed by atoms with Crippen LogP contribution in [0.15, 0.2) is 0 Å². The maximum Gasteiger partial charge on any atom is 0.120 e. The molecule has 0 radical (unpaired) electrons. The van der Waals surface area contributed by atoms with Gasteiger partial charge in [0.15, 0.2) is 0 Å². The van der Waals surface area contributed by atoms with Crippen LogP contribution in [0.3, 0.4) is 0 Å². The SMILES string of the molecule is CCNC#CC#CC(C)(C)O. The summed E-state index contributed by atoms with van der Waals surface area (Å²) < 4.78 is 0. The van der Waals surface area contributed by atoms with Crippen LogP contribution < -0.4 is 5.32 Å². The molecule has 0 bridgehead atoms. The minimum absolute atomic E-state index is 0.803. The molecule has 0 unspecified atom stereocenters. The van der Waals surface area contributed by atoms with E-state index in [1.54, 1.807) is 13.8 Å². The van der Waals surface area contributed by atoms with E-state index in [2.05, 4.69) is 29.1 Å². The Morgan fingerprint density at radius 3 is 2.45 bits per heavy atom. The largest absolute Gasteiger partial charge is 0.378 e. The molecule has 0 aromatic heterocycles. The summed E-state index contributed by atoms with van der Waals surface area (Å²) in [5.41, 5.74) is -0.944. The van der Waals surface area contributed by atoms with Gasteiger partial charge in [-0.3, -0.25) is 0 Å². The lowest BCUT2D eigenvalue weighted by molar-refractivity contribution is 0.143. The van der Waals surface area contributed by atoms with Crippen LogP contribution in [0.2, 0.25) is 0 Å². The van der Waals surface area contributed by atoms with Crippen LogP contribution in [0, 0.1) is 23.8 Å². The predicted molar refractivity (Wildman–Crippen MR) is 45.5 cm³/mol. The molecule has 0 rings (SSSR count). The van der Waals surface area contributed by atoms with Gasteiger partial charge >= 0.3 is 0 Å². The van der Waals surface area contributed by atoms with Gasteiger partial charge in [0.05, 0.1) is 0 Å². The summed E-state index contributed by atoms with van der Waals surface area (Å²) in [6.45, 7) is 6.00. The molecule has 0 aromatic rings. The van der Waals surface area contributed by atoms with Crippen molar-refractivity contribution >= 4 is 0 Å². The lowest BCUT2D eigenvalue weighted by Crippen LogP contribution is -2.14. The number of hydrogen-bond donors (Lipinski definition) is 2. The minimum atomic E-state index is -0.944. The van der Waals surface area contributed by atoms with Crippen molar-refractivity contribution in [1.82, 2.24) is 5.32 Å². The van der Waals surface area contributed by atoms with E-state index in [0.717, 1.165) is 6.54 Å². The zero-order valence-corrected chi connectivity index (χ0v) is 7.15. The molecule has 0 saturated heterocycles. The monoisotopic (exact) mass is 151 g/mol. The van der Waals surface area contributed by atoms with Crippen LogP contribution in [0.5, 0.6) is 0 Å². The van der Waals surface area contributed by atoms with Gasteiger partial charge in [-0.25, -0.2) is 0 Å². The van der Waals surface area contributed by atoms with Crippen molar-refractivity contribution in [2.24, 2.45) is 0 Å². The molecule has 0 spiro atoms. The van der Waals surface area contributed by atoms with Crippen molar-refractivity contribution in [2.45, 2.75) is 26.4 Å². The summed E-state index contributed by atoms with van der Waals surface area (Å²) in [5, 5.41) is 11.9. The molecule has 0 amide bonds. The fourth-order valence-electron chi connectivity index (χ4n) is 0.348. The standard InChI is InChI=1S/C9H13NO/c1-4-10-8-6-5-7-9(2,3)11/h10-11H,4H2,1-3H3. The molecule has 0 aliphatic rings. The van der Waals surface area contributed by atoms with Crippen LogP contribution in [-0.2, 0) is 0 Å². The van der Waals surface area contributed by atoms with E-state index in [1.807, 2.05) is 6.92 Å². The second-order valence-electron chi connectivity index (χ2n) is 2.59. The molecule has 0 aliphatic carbocycles. The Labute approximate surface area is 68.0 Å². The maximum absolute atomic E-state index is 9.11. The smallest absolute Gasteiger partial charge is 0.120 e. The predicted octanol–water partition coefficient (Wildman–Crippen LogP) is 0.331. The average molecular weight is 151 g/mol. The molecule has 2 N–H and O–H groups in total. The van der Waals surface area contributed by atoms with Crippen molar-refractivity contribution in [2.75, 3.05) is 6.54 Å². The molecular weight excluding hydrogens is 138 g/mol. The molecule has 0 fully saturated rings. The van der Waals surface area contributed by atoms with Gasteiger partial charge in [-0.2, -0.15) is 0 Å². The number of rotatable bonds is 1. The van der Waals surface area contributed by atoms with Crippen LogP contribution in [0.4, 0.5) is 0 Å². The van der Waals surface area contributed by atoms with E-state index < -0.39 is 5.60 Å². The van der Waals surface area contributed by atoms with E-state index in [9.17, 15) is 0 Å². The Morgan fingerprint density at radius 2 is 2.00 bits per heavy atom. The third-order valence-electron chi connectivity index (χ3n) is 0.759. The van der Waals surface area contributed by atoms with Crippen LogP contribution in [0.25, 0.3) is 0 Å². The van der Waals surface area contributed by atoms with E-state index in [-0.39, 0.29) is 0 Å². The van der Waals surface area contributed by atoms with Gasteiger partial charge in [-0.15, -0.1) is 0 Å². The fourth-order valence-corrected chi connectivity index (χ4v) is 0.348. The Morgan fingerprint density at radius 1 is 1.36 bits per heavy atom. The Bertz CT molecular complexity index is 216. The first kappa shape index (κ1) is 9.88. The lowest BCUT2D eigenvalue weighted by Gasteiger charge is -2.04. The van der Waals surface area contributed by atoms with E-state index >= 15 is 0 Å². The van der Waals surface area contributed by atoms with Gasteiger partial charge in [-0.05, 0) is 26.7 Å². The number of nitrogens with one attached hydrogen (secondary N) is 1. The van der Waals surface area contributed by atoms with Crippen molar-refractivity contribution in [3.05, 3.63) is 0 Å². The van der Waals surface area contributed by atoms with Crippen molar-refractivity contribution in [3.63, 3.8) is 0 Å². The second kappa shape index (κ2) is 4.66. The third kappa shape index (κ3) is 8.88. The zero-order chi connectivity index (χ0) is 8.74.